The van der Waals surface area contributed by atoms with E-state index in [4.69, 9.17) is 4.74 Å². The quantitative estimate of drug-likeness (QED) is 0.852. The van der Waals surface area contributed by atoms with Gasteiger partial charge in [0.15, 0.2) is 0 Å². The van der Waals surface area contributed by atoms with Crippen molar-refractivity contribution < 1.29 is 4.74 Å². The molecular formula is C13H21N3O. The van der Waals surface area contributed by atoms with E-state index in [2.05, 4.69) is 22.2 Å². The third-order valence-corrected chi connectivity index (χ3v) is 3.02. The fourth-order valence-electron chi connectivity index (χ4n) is 2.13. The van der Waals surface area contributed by atoms with Gasteiger partial charge in [-0.05, 0) is 19.3 Å². The van der Waals surface area contributed by atoms with Gasteiger partial charge in [0.05, 0.1) is 6.61 Å². The number of rotatable bonds is 5. The normalized spacial score (nSPS) is 16.8. The maximum Gasteiger partial charge on any atom is 0.226 e. The van der Waals surface area contributed by atoms with Crippen molar-refractivity contribution in [1.82, 2.24) is 9.97 Å². The van der Waals surface area contributed by atoms with Crippen molar-refractivity contribution in [3.05, 3.63) is 12.3 Å². The fourth-order valence-corrected chi connectivity index (χ4v) is 2.13. The maximum absolute atomic E-state index is 5.49. The van der Waals surface area contributed by atoms with E-state index < -0.39 is 0 Å². The molecule has 1 heterocycles. The third-order valence-electron chi connectivity index (χ3n) is 3.02. The second-order valence-electron chi connectivity index (χ2n) is 4.55. The number of nitrogens with zero attached hydrogens (tertiary/aromatic N) is 2. The summed E-state index contributed by atoms with van der Waals surface area (Å²) in [6.07, 6.45) is 9.18. The largest absolute Gasteiger partial charge is 0.478 e. The molecule has 0 spiro atoms. The standard InChI is InChI=1S/C13H21N3O/c1-2-10-17-12-8-9-14-13(16-12)15-11-6-4-3-5-7-11/h8-9,11H,2-7,10H2,1H3,(H,14,15,16). The second kappa shape index (κ2) is 6.42. The minimum Gasteiger partial charge on any atom is -0.478 e. The Labute approximate surface area is 103 Å². The van der Waals surface area contributed by atoms with Crippen LogP contribution in [0.15, 0.2) is 12.3 Å². The molecule has 0 bridgehead atoms. The van der Waals surface area contributed by atoms with Crippen LogP contribution in [-0.2, 0) is 0 Å². The Morgan fingerprint density at radius 3 is 2.94 bits per heavy atom. The average Bonchev–Trinajstić information content (AvgIpc) is 2.38. The van der Waals surface area contributed by atoms with E-state index in [1.165, 1.54) is 32.1 Å². The molecule has 1 aliphatic rings. The van der Waals surface area contributed by atoms with Gasteiger partial charge in [-0.25, -0.2) is 4.98 Å². The van der Waals surface area contributed by atoms with E-state index >= 15 is 0 Å². The molecule has 0 unspecified atom stereocenters. The lowest BCUT2D eigenvalue weighted by atomic mass is 9.96. The van der Waals surface area contributed by atoms with Gasteiger partial charge >= 0.3 is 0 Å². The highest BCUT2D eigenvalue weighted by Gasteiger charge is 2.14. The van der Waals surface area contributed by atoms with Crippen LogP contribution in [-0.4, -0.2) is 22.6 Å². The molecule has 1 aromatic rings. The third kappa shape index (κ3) is 3.88. The molecular weight excluding hydrogens is 214 g/mol. The van der Waals surface area contributed by atoms with Crippen LogP contribution < -0.4 is 10.1 Å². The van der Waals surface area contributed by atoms with Gasteiger partial charge in [0.1, 0.15) is 0 Å². The van der Waals surface area contributed by atoms with Crippen LogP contribution in [0.5, 0.6) is 5.88 Å². The Hall–Kier alpha value is -1.32. The van der Waals surface area contributed by atoms with E-state index in [0.717, 1.165) is 6.42 Å². The van der Waals surface area contributed by atoms with E-state index in [1.807, 2.05) is 6.07 Å². The molecule has 1 saturated carbocycles. The fraction of sp³-hybridized carbons (Fsp3) is 0.692. The van der Waals surface area contributed by atoms with Crippen molar-refractivity contribution in [3.63, 3.8) is 0 Å². The number of hydrogen-bond acceptors (Lipinski definition) is 4. The summed E-state index contributed by atoms with van der Waals surface area (Å²) in [6, 6.07) is 2.34. The molecule has 1 fully saturated rings. The summed E-state index contributed by atoms with van der Waals surface area (Å²) in [5.41, 5.74) is 0. The van der Waals surface area contributed by atoms with Gasteiger partial charge in [-0.1, -0.05) is 26.2 Å². The molecule has 17 heavy (non-hydrogen) atoms. The second-order valence-corrected chi connectivity index (χ2v) is 4.55. The molecule has 0 radical (unpaired) electrons. The van der Waals surface area contributed by atoms with Crippen molar-refractivity contribution in [2.45, 2.75) is 51.5 Å². The van der Waals surface area contributed by atoms with E-state index in [0.29, 0.717) is 24.5 Å². The van der Waals surface area contributed by atoms with Crippen molar-refractivity contribution in [1.29, 1.82) is 0 Å². The Bertz CT molecular complexity index is 337. The molecule has 2 rings (SSSR count). The minimum absolute atomic E-state index is 0.533. The summed E-state index contributed by atoms with van der Waals surface area (Å²) < 4.78 is 5.49. The Kier molecular flexibility index (Phi) is 4.59. The van der Waals surface area contributed by atoms with Crippen LogP contribution in [0.3, 0.4) is 0 Å². The molecule has 1 N–H and O–H groups in total. The number of aromatic nitrogens is 2. The monoisotopic (exact) mass is 235 g/mol. The first-order valence-electron chi connectivity index (χ1n) is 6.61. The SMILES string of the molecule is CCCOc1ccnc(NC2CCCCC2)n1. The Morgan fingerprint density at radius 1 is 1.35 bits per heavy atom. The van der Waals surface area contributed by atoms with Crippen LogP contribution >= 0.6 is 0 Å². The zero-order chi connectivity index (χ0) is 11.9. The van der Waals surface area contributed by atoms with Crippen LogP contribution in [0.2, 0.25) is 0 Å². The predicted molar refractivity (Wildman–Crippen MR) is 68.3 cm³/mol. The molecule has 4 nitrogen and oxygen atoms in total. The smallest absolute Gasteiger partial charge is 0.226 e. The van der Waals surface area contributed by atoms with E-state index in [-0.39, 0.29) is 0 Å². The highest BCUT2D eigenvalue weighted by atomic mass is 16.5. The first kappa shape index (κ1) is 12.1. The van der Waals surface area contributed by atoms with Crippen molar-refractivity contribution >= 4 is 5.95 Å². The van der Waals surface area contributed by atoms with Gasteiger partial charge in [0.25, 0.3) is 0 Å². The van der Waals surface area contributed by atoms with Crippen LogP contribution in [0.25, 0.3) is 0 Å². The zero-order valence-corrected chi connectivity index (χ0v) is 10.5. The van der Waals surface area contributed by atoms with Gasteiger partial charge in [-0.3, -0.25) is 0 Å². The van der Waals surface area contributed by atoms with Crippen LogP contribution in [0.1, 0.15) is 45.4 Å². The number of nitrogens with one attached hydrogen (secondary N) is 1. The van der Waals surface area contributed by atoms with E-state index in [1.54, 1.807) is 6.20 Å². The molecule has 0 aromatic carbocycles. The highest BCUT2D eigenvalue weighted by molar-refractivity contribution is 5.28. The topological polar surface area (TPSA) is 47.0 Å². The van der Waals surface area contributed by atoms with Gasteiger partial charge in [0, 0.05) is 18.3 Å². The number of ether oxygens (including phenoxy) is 1. The van der Waals surface area contributed by atoms with Crippen LogP contribution in [0, 0.1) is 0 Å². The lowest BCUT2D eigenvalue weighted by Crippen LogP contribution is -2.23. The molecule has 1 aliphatic carbocycles. The van der Waals surface area contributed by atoms with Crippen molar-refractivity contribution in [2.75, 3.05) is 11.9 Å². The highest BCUT2D eigenvalue weighted by Crippen LogP contribution is 2.20. The summed E-state index contributed by atoms with van der Waals surface area (Å²) in [7, 11) is 0. The first-order valence-corrected chi connectivity index (χ1v) is 6.61. The molecule has 0 atom stereocenters. The first-order chi connectivity index (χ1) is 8.38. The lowest BCUT2D eigenvalue weighted by Gasteiger charge is -2.22. The van der Waals surface area contributed by atoms with Crippen LogP contribution in [0.4, 0.5) is 5.95 Å². The summed E-state index contributed by atoms with van der Waals surface area (Å²) in [4.78, 5) is 8.60. The summed E-state index contributed by atoms with van der Waals surface area (Å²) in [5.74, 6) is 1.37. The molecule has 4 heteroatoms. The molecule has 1 aromatic heterocycles. The molecule has 0 amide bonds. The Morgan fingerprint density at radius 2 is 2.18 bits per heavy atom. The summed E-state index contributed by atoms with van der Waals surface area (Å²) >= 11 is 0. The van der Waals surface area contributed by atoms with Gasteiger partial charge in [-0.2, -0.15) is 4.98 Å². The summed E-state index contributed by atoms with van der Waals surface area (Å²) in [6.45, 7) is 2.79. The minimum atomic E-state index is 0.533. The maximum atomic E-state index is 5.49. The van der Waals surface area contributed by atoms with Gasteiger partial charge in [-0.15, -0.1) is 0 Å². The van der Waals surface area contributed by atoms with Gasteiger partial charge < -0.3 is 10.1 Å². The van der Waals surface area contributed by atoms with Crippen molar-refractivity contribution in [3.8, 4) is 5.88 Å². The summed E-state index contributed by atoms with van der Waals surface area (Å²) in [5, 5.41) is 3.40. The Balaban J connectivity index is 1.90. The van der Waals surface area contributed by atoms with Gasteiger partial charge in [0.2, 0.25) is 11.8 Å². The zero-order valence-electron chi connectivity index (χ0n) is 10.5. The lowest BCUT2D eigenvalue weighted by molar-refractivity contribution is 0.305. The molecule has 94 valence electrons. The molecule has 0 saturated heterocycles. The van der Waals surface area contributed by atoms with Crippen molar-refractivity contribution in [2.24, 2.45) is 0 Å². The number of anilines is 1. The number of hydrogen-bond donors (Lipinski definition) is 1. The average molecular weight is 235 g/mol. The molecule has 0 aliphatic heterocycles. The van der Waals surface area contributed by atoms with E-state index in [9.17, 15) is 0 Å². The predicted octanol–water partition coefficient (Wildman–Crippen LogP) is 3.01.